The summed E-state index contributed by atoms with van der Waals surface area (Å²) < 4.78 is 45.1. The van der Waals surface area contributed by atoms with Gasteiger partial charge in [-0.2, -0.15) is 8.78 Å². The fourth-order valence-electron chi connectivity index (χ4n) is 3.55. The predicted octanol–water partition coefficient (Wildman–Crippen LogP) is 5.43. The fraction of sp³-hybridized carbons (Fsp3) is 0.318. The van der Waals surface area contributed by atoms with Crippen LogP contribution in [0.25, 0.3) is 11.5 Å². The largest absolute Gasteiger partial charge is 0.415 e. The third-order valence-electron chi connectivity index (χ3n) is 5.18. The monoisotopic (exact) mass is 430 g/mol. The second kappa shape index (κ2) is 9.20. The molecule has 1 fully saturated rings. The third-order valence-corrected chi connectivity index (χ3v) is 5.18. The van der Waals surface area contributed by atoms with Crippen molar-refractivity contribution in [2.24, 2.45) is 0 Å². The normalized spacial score (nSPS) is 14.1. The molecule has 0 unspecified atom stereocenters. The van der Waals surface area contributed by atoms with Crippen LogP contribution in [0.5, 0.6) is 0 Å². The summed E-state index contributed by atoms with van der Waals surface area (Å²) in [7, 11) is 0. The Morgan fingerprint density at radius 1 is 1.06 bits per heavy atom. The molecule has 1 aromatic heterocycles. The van der Waals surface area contributed by atoms with E-state index in [0.29, 0.717) is 18.8 Å². The molecule has 4 rings (SSSR count). The van der Waals surface area contributed by atoms with E-state index in [0.717, 1.165) is 25.3 Å². The predicted molar refractivity (Wildman–Crippen MR) is 108 cm³/mol. The van der Waals surface area contributed by atoms with Gasteiger partial charge in [0.15, 0.2) is 0 Å². The molecule has 31 heavy (non-hydrogen) atoms. The van der Waals surface area contributed by atoms with Crippen LogP contribution in [0.3, 0.4) is 0 Å². The number of likely N-dealkylation sites (tertiary alicyclic amines) is 1. The summed E-state index contributed by atoms with van der Waals surface area (Å²) in [5.41, 5.74) is 1.14. The smallest absolute Gasteiger partial charge is 0.324 e. The van der Waals surface area contributed by atoms with Crippen molar-refractivity contribution in [2.45, 2.75) is 32.2 Å². The van der Waals surface area contributed by atoms with Gasteiger partial charge < -0.3 is 9.32 Å². The lowest BCUT2D eigenvalue weighted by atomic mass is 10.1. The van der Waals surface area contributed by atoms with Crippen molar-refractivity contribution in [1.82, 2.24) is 15.1 Å². The van der Waals surface area contributed by atoms with E-state index in [1.807, 2.05) is 18.2 Å². The van der Waals surface area contributed by atoms with Gasteiger partial charge in [0.2, 0.25) is 5.89 Å². The molecular formula is C22H21F3N4O2. The minimum atomic E-state index is -2.90. The van der Waals surface area contributed by atoms with Crippen LogP contribution in [-0.2, 0) is 6.54 Å². The van der Waals surface area contributed by atoms with Gasteiger partial charge in [-0.15, -0.1) is 10.2 Å². The molecule has 9 heteroatoms. The first-order chi connectivity index (χ1) is 15.0. The summed E-state index contributed by atoms with van der Waals surface area (Å²) in [6.07, 6.45) is 0.0871. The van der Waals surface area contributed by atoms with Crippen molar-refractivity contribution in [2.75, 3.05) is 18.0 Å². The summed E-state index contributed by atoms with van der Waals surface area (Å²) in [6.45, 7) is 1.37. The fourth-order valence-corrected chi connectivity index (χ4v) is 3.55. The molecule has 1 aliphatic heterocycles. The van der Waals surface area contributed by atoms with Gasteiger partial charge in [0.25, 0.3) is 5.89 Å². The zero-order valence-electron chi connectivity index (χ0n) is 16.7. The van der Waals surface area contributed by atoms with E-state index in [2.05, 4.69) is 10.2 Å². The molecule has 0 saturated carbocycles. The number of para-hydroxylation sites is 1. The summed E-state index contributed by atoms with van der Waals surface area (Å²) in [5.74, 6) is -1.60. The standard InChI is InChI=1S/C22H21F3N4O2/c23-18-13-15(20-26-27-21(31-20)19(24)25)9-10-16(18)14-29(17-7-3-1-4-8-17)22(30)28-11-5-2-6-12-28/h1,3-4,7-10,13,19H,2,5-6,11-12,14H2. The maximum absolute atomic E-state index is 14.9. The Morgan fingerprint density at radius 2 is 1.81 bits per heavy atom. The minimum Gasteiger partial charge on any atom is -0.415 e. The molecule has 0 spiro atoms. The highest BCUT2D eigenvalue weighted by Gasteiger charge is 2.25. The van der Waals surface area contributed by atoms with Gasteiger partial charge in [-0.1, -0.05) is 24.3 Å². The van der Waals surface area contributed by atoms with Crippen LogP contribution in [-0.4, -0.2) is 34.2 Å². The number of hydrogen-bond donors (Lipinski definition) is 0. The number of carbonyl (C=O) groups excluding carboxylic acids is 1. The molecule has 2 amide bonds. The van der Waals surface area contributed by atoms with Crippen LogP contribution < -0.4 is 4.90 Å². The molecule has 0 N–H and O–H groups in total. The molecule has 0 bridgehead atoms. The molecule has 2 heterocycles. The van der Waals surface area contributed by atoms with Gasteiger partial charge in [0.1, 0.15) is 5.82 Å². The number of anilines is 1. The summed E-state index contributed by atoms with van der Waals surface area (Å²) in [5, 5.41) is 6.80. The first-order valence-electron chi connectivity index (χ1n) is 10.0. The van der Waals surface area contributed by atoms with Gasteiger partial charge in [-0.3, -0.25) is 4.90 Å². The molecule has 162 valence electrons. The van der Waals surface area contributed by atoms with E-state index >= 15 is 0 Å². The highest BCUT2D eigenvalue weighted by Crippen LogP contribution is 2.27. The van der Waals surface area contributed by atoms with Crippen LogP contribution in [0.2, 0.25) is 0 Å². The van der Waals surface area contributed by atoms with Crippen LogP contribution >= 0.6 is 0 Å². The molecule has 0 atom stereocenters. The van der Waals surface area contributed by atoms with Crippen molar-refractivity contribution >= 4 is 11.7 Å². The van der Waals surface area contributed by atoms with Crippen LogP contribution in [0.1, 0.15) is 37.1 Å². The highest BCUT2D eigenvalue weighted by atomic mass is 19.3. The number of carbonyl (C=O) groups is 1. The lowest BCUT2D eigenvalue weighted by Gasteiger charge is -2.33. The molecule has 0 radical (unpaired) electrons. The molecule has 1 aliphatic rings. The van der Waals surface area contributed by atoms with Crippen molar-refractivity contribution in [3.05, 3.63) is 65.8 Å². The molecule has 2 aromatic carbocycles. The number of piperidine rings is 1. The third kappa shape index (κ3) is 4.70. The Morgan fingerprint density at radius 3 is 2.45 bits per heavy atom. The second-order valence-corrected chi connectivity index (χ2v) is 7.30. The van der Waals surface area contributed by atoms with Gasteiger partial charge in [0.05, 0.1) is 6.54 Å². The molecule has 1 saturated heterocycles. The van der Waals surface area contributed by atoms with Crippen molar-refractivity contribution in [1.29, 1.82) is 0 Å². The van der Waals surface area contributed by atoms with Crippen LogP contribution in [0, 0.1) is 5.82 Å². The Kier molecular flexibility index (Phi) is 6.20. The van der Waals surface area contributed by atoms with E-state index < -0.39 is 18.1 Å². The Hall–Kier alpha value is -3.36. The summed E-state index contributed by atoms with van der Waals surface area (Å²) in [6, 6.07) is 13.1. The summed E-state index contributed by atoms with van der Waals surface area (Å²) in [4.78, 5) is 16.5. The van der Waals surface area contributed by atoms with Crippen molar-refractivity contribution in [3.8, 4) is 11.5 Å². The van der Waals surface area contributed by atoms with E-state index in [-0.39, 0.29) is 29.6 Å². The van der Waals surface area contributed by atoms with E-state index in [1.54, 1.807) is 21.9 Å². The number of benzene rings is 2. The number of alkyl halides is 2. The Bertz CT molecular complexity index is 1040. The number of halogens is 3. The molecule has 6 nitrogen and oxygen atoms in total. The van der Waals surface area contributed by atoms with Crippen molar-refractivity contribution in [3.63, 3.8) is 0 Å². The van der Waals surface area contributed by atoms with Gasteiger partial charge in [-0.25, -0.2) is 9.18 Å². The van der Waals surface area contributed by atoms with E-state index in [9.17, 15) is 18.0 Å². The molecule has 0 aliphatic carbocycles. The number of nitrogens with zero attached hydrogens (tertiary/aromatic N) is 4. The quantitative estimate of drug-likeness (QED) is 0.542. The maximum atomic E-state index is 14.9. The Labute approximate surface area is 177 Å². The lowest BCUT2D eigenvalue weighted by Crippen LogP contribution is -2.45. The minimum absolute atomic E-state index is 0.0254. The Balaban J connectivity index is 1.59. The number of rotatable bonds is 5. The zero-order chi connectivity index (χ0) is 21.8. The number of aromatic nitrogens is 2. The van der Waals surface area contributed by atoms with Crippen LogP contribution in [0.15, 0.2) is 52.9 Å². The van der Waals surface area contributed by atoms with E-state index in [1.165, 1.54) is 12.1 Å². The van der Waals surface area contributed by atoms with Crippen molar-refractivity contribution < 1.29 is 22.4 Å². The maximum Gasteiger partial charge on any atom is 0.324 e. The zero-order valence-corrected chi connectivity index (χ0v) is 16.7. The summed E-state index contributed by atoms with van der Waals surface area (Å²) >= 11 is 0. The van der Waals surface area contributed by atoms with Gasteiger partial charge in [-0.05, 0) is 43.5 Å². The number of amides is 2. The molecule has 3 aromatic rings. The SMILES string of the molecule is O=C(N1CCCCC1)N(Cc1ccc(-c2nnc(C(F)F)o2)cc1F)c1ccccc1. The second-order valence-electron chi connectivity index (χ2n) is 7.30. The molecular weight excluding hydrogens is 409 g/mol. The average molecular weight is 430 g/mol. The lowest BCUT2D eigenvalue weighted by molar-refractivity contribution is 0.116. The number of urea groups is 1. The first kappa shape index (κ1) is 20.9. The van der Waals surface area contributed by atoms with Gasteiger partial charge >= 0.3 is 12.5 Å². The highest BCUT2D eigenvalue weighted by molar-refractivity contribution is 5.92. The number of hydrogen-bond acceptors (Lipinski definition) is 4. The van der Waals surface area contributed by atoms with Gasteiger partial charge in [0, 0.05) is 29.9 Å². The van der Waals surface area contributed by atoms with E-state index in [4.69, 9.17) is 4.42 Å². The topological polar surface area (TPSA) is 62.5 Å². The average Bonchev–Trinajstić information content (AvgIpc) is 3.30. The van der Waals surface area contributed by atoms with Crippen LogP contribution in [0.4, 0.5) is 23.7 Å². The first-order valence-corrected chi connectivity index (χ1v) is 10.0.